The van der Waals surface area contributed by atoms with Gasteiger partial charge in [0.05, 0.1) is 0 Å². The third-order valence-corrected chi connectivity index (χ3v) is 4.28. The second-order valence-electron chi connectivity index (χ2n) is 5.83. The first-order valence-electron chi connectivity index (χ1n) is 7.32. The maximum Gasteiger partial charge on any atom is -0.0276 e. The molecular weight excluding hydrogens is 204 g/mol. The molecule has 0 aliphatic heterocycles. The van der Waals surface area contributed by atoms with E-state index in [-0.39, 0.29) is 0 Å². The normalized spacial score (nSPS) is 17.3. The summed E-state index contributed by atoms with van der Waals surface area (Å²) < 4.78 is 0. The Bertz CT molecular complexity index is 345. The van der Waals surface area contributed by atoms with Crippen molar-refractivity contribution in [1.82, 2.24) is 0 Å². The standard InChI is InChI=1S/C17H26/c1-14-11-12-17(15(2)13-14)10-6-9-16-7-4-3-5-8-16/h11-13,16H,3-10H2,1-2H3. The molecule has 0 radical (unpaired) electrons. The van der Waals surface area contributed by atoms with Crippen molar-refractivity contribution in [2.45, 2.75) is 65.2 Å². The Balaban J connectivity index is 1.77. The lowest BCUT2D eigenvalue weighted by Gasteiger charge is -2.21. The highest BCUT2D eigenvalue weighted by atomic mass is 14.2. The van der Waals surface area contributed by atoms with Crippen LogP contribution in [-0.2, 0) is 6.42 Å². The molecule has 1 fully saturated rings. The summed E-state index contributed by atoms with van der Waals surface area (Å²) in [5, 5.41) is 0. The molecule has 1 saturated carbocycles. The molecule has 0 N–H and O–H groups in total. The summed E-state index contributed by atoms with van der Waals surface area (Å²) in [5.41, 5.74) is 4.43. The molecule has 0 atom stereocenters. The van der Waals surface area contributed by atoms with Crippen LogP contribution in [0.1, 0.15) is 61.6 Å². The third-order valence-electron chi connectivity index (χ3n) is 4.28. The van der Waals surface area contributed by atoms with E-state index in [1.807, 2.05) is 0 Å². The molecule has 17 heavy (non-hydrogen) atoms. The van der Waals surface area contributed by atoms with Crippen molar-refractivity contribution in [3.05, 3.63) is 34.9 Å². The largest absolute Gasteiger partial charge is 0.0590 e. The first-order chi connectivity index (χ1) is 8.25. The molecule has 0 unspecified atom stereocenters. The Hall–Kier alpha value is -0.780. The first-order valence-corrected chi connectivity index (χ1v) is 7.32. The smallest absolute Gasteiger partial charge is 0.0276 e. The summed E-state index contributed by atoms with van der Waals surface area (Å²) in [7, 11) is 0. The number of rotatable bonds is 4. The van der Waals surface area contributed by atoms with Gasteiger partial charge in [-0.2, -0.15) is 0 Å². The molecule has 2 rings (SSSR count). The van der Waals surface area contributed by atoms with Gasteiger partial charge in [0.1, 0.15) is 0 Å². The monoisotopic (exact) mass is 230 g/mol. The van der Waals surface area contributed by atoms with Crippen LogP contribution in [-0.4, -0.2) is 0 Å². The Labute approximate surface area is 106 Å². The van der Waals surface area contributed by atoms with Gasteiger partial charge in [0.15, 0.2) is 0 Å². The summed E-state index contributed by atoms with van der Waals surface area (Å²) in [6, 6.07) is 6.89. The van der Waals surface area contributed by atoms with E-state index in [1.54, 1.807) is 5.56 Å². The minimum absolute atomic E-state index is 1.04. The van der Waals surface area contributed by atoms with Gasteiger partial charge in [-0.05, 0) is 43.7 Å². The summed E-state index contributed by atoms with van der Waals surface area (Å²) in [4.78, 5) is 0. The molecule has 0 aromatic heterocycles. The second kappa shape index (κ2) is 6.23. The molecule has 0 heterocycles. The molecule has 0 heteroatoms. The van der Waals surface area contributed by atoms with E-state index in [1.165, 1.54) is 62.5 Å². The number of hydrogen-bond donors (Lipinski definition) is 0. The molecule has 1 aliphatic rings. The maximum absolute atomic E-state index is 2.32. The number of aryl methyl sites for hydroxylation is 3. The summed E-state index contributed by atoms with van der Waals surface area (Å²) in [6.45, 7) is 4.43. The lowest BCUT2D eigenvalue weighted by atomic mass is 9.85. The highest BCUT2D eigenvalue weighted by Gasteiger charge is 2.12. The van der Waals surface area contributed by atoms with Crippen molar-refractivity contribution >= 4 is 0 Å². The van der Waals surface area contributed by atoms with E-state index in [0.717, 1.165) is 5.92 Å². The molecule has 1 aromatic carbocycles. The van der Waals surface area contributed by atoms with Crippen LogP contribution in [0.25, 0.3) is 0 Å². The maximum atomic E-state index is 2.32. The van der Waals surface area contributed by atoms with Crippen LogP contribution in [0.5, 0.6) is 0 Å². The van der Waals surface area contributed by atoms with Gasteiger partial charge in [-0.15, -0.1) is 0 Å². The summed E-state index contributed by atoms with van der Waals surface area (Å²) in [6.07, 6.45) is 11.5. The van der Waals surface area contributed by atoms with Gasteiger partial charge in [0.25, 0.3) is 0 Å². The Morgan fingerprint density at radius 1 is 1.06 bits per heavy atom. The van der Waals surface area contributed by atoms with Crippen LogP contribution in [0.4, 0.5) is 0 Å². The van der Waals surface area contributed by atoms with E-state index in [0.29, 0.717) is 0 Å². The van der Waals surface area contributed by atoms with Gasteiger partial charge in [0.2, 0.25) is 0 Å². The Kier molecular flexibility index (Phi) is 4.65. The minimum Gasteiger partial charge on any atom is -0.0590 e. The van der Waals surface area contributed by atoms with Crippen molar-refractivity contribution < 1.29 is 0 Å². The van der Waals surface area contributed by atoms with Crippen LogP contribution in [0.3, 0.4) is 0 Å². The van der Waals surface area contributed by atoms with Crippen molar-refractivity contribution in [2.75, 3.05) is 0 Å². The first kappa shape index (κ1) is 12.7. The van der Waals surface area contributed by atoms with Gasteiger partial charge >= 0.3 is 0 Å². The van der Waals surface area contributed by atoms with Gasteiger partial charge in [-0.1, -0.05) is 62.3 Å². The van der Waals surface area contributed by atoms with E-state index in [4.69, 9.17) is 0 Å². The molecule has 1 aromatic rings. The third kappa shape index (κ3) is 3.87. The molecule has 1 aliphatic carbocycles. The van der Waals surface area contributed by atoms with Crippen molar-refractivity contribution in [3.8, 4) is 0 Å². The van der Waals surface area contributed by atoms with E-state index in [9.17, 15) is 0 Å². The minimum atomic E-state index is 1.04. The number of hydrogen-bond acceptors (Lipinski definition) is 0. The molecule has 0 nitrogen and oxygen atoms in total. The fourth-order valence-electron chi connectivity index (χ4n) is 3.18. The van der Waals surface area contributed by atoms with Gasteiger partial charge in [-0.3, -0.25) is 0 Å². The van der Waals surface area contributed by atoms with Crippen LogP contribution >= 0.6 is 0 Å². The predicted molar refractivity (Wildman–Crippen MR) is 75.4 cm³/mol. The van der Waals surface area contributed by atoms with E-state index in [2.05, 4.69) is 32.0 Å². The number of benzene rings is 1. The molecule has 94 valence electrons. The van der Waals surface area contributed by atoms with Gasteiger partial charge in [0, 0.05) is 0 Å². The van der Waals surface area contributed by atoms with Crippen molar-refractivity contribution in [3.63, 3.8) is 0 Å². The molecule has 0 amide bonds. The molecule has 0 spiro atoms. The summed E-state index contributed by atoms with van der Waals surface area (Å²) in [5.74, 6) is 1.04. The van der Waals surface area contributed by atoms with Crippen molar-refractivity contribution in [1.29, 1.82) is 0 Å². The fourth-order valence-corrected chi connectivity index (χ4v) is 3.18. The van der Waals surface area contributed by atoms with Crippen LogP contribution in [0.15, 0.2) is 18.2 Å². The highest BCUT2D eigenvalue weighted by molar-refractivity contribution is 5.30. The quantitative estimate of drug-likeness (QED) is 0.666. The van der Waals surface area contributed by atoms with E-state index < -0.39 is 0 Å². The zero-order valence-corrected chi connectivity index (χ0v) is 11.5. The van der Waals surface area contributed by atoms with Crippen LogP contribution in [0, 0.1) is 19.8 Å². The zero-order valence-electron chi connectivity index (χ0n) is 11.5. The Morgan fingerprint density at radius 2 is 1.82 bits per heavy atom. The highest BCUT2D eigenvalue weighted by Crippen LogP contribution is 2.28. The average Bonchev–Trinajstić information content (AvgIpc) is 2.33. The van der Waals surface area contributed by atoms with Gasteiger partial charge in [-0.25, -0.2) is 0 Å². The predicted octanol–water partition coefficient (Wildman–Crippen LogP) is 5.21. The zero-order chi connectivity index (χ0) is 12.1. The molecule has 0 bridgehead atoms. The lowest BCUT2D eigenvalue weighted by Crippen LogP contribution is -2.06. The average molecular weight is 230 g/mol. The second-order valence-corrected chi connectivity index (χ2v) is 5.83. The van der Waals surface area contributed by atoms with Crippen LogP contribution in [0.2, 0.25) is 0 Å². The SMILES string of the molecule is Cc1ccc(CCCC2CCCCC2)c(C)c1. The fraction of sp³-hybridized carbons (Fsp3) is 0.647. The molecule has 0 saturated heterocycles. The topological polar surface area (TPSA) is 0 Å². The van der Waals surface area contributed by atoms with Gasteiger partial charge < -0.3 is 0 Å². The van der Waals surface area contributed by atoms with E-state index >= 15 is 0 Å². The van der Waals surface area contributed by atoms with Crippen molar-refractivity contribution in [2.24, 2.45) is 5.92 Å². The Morgan fingerprint density at radius 3 is 2.53 bits per heavy atom. The lowest BCUT2D eigenvalue weighted by molar-refractivity contribution is 0.332. The summed E-state index contributed by atoms with van der Waals surface area (Å²) >= 11 is 0. The van der Waals surface area contributed by atoms with Crippen LogP contribution < -0.4 is 0 Å². The molecular formula is C17H26.